The predicted molar refractivity (Wildman–Crippen MR) is 67.3 cm³/mol. The van der Waals surface area contributed by atoms with Crippen molar-refractivity contribution in [1.82, 2.24) is 0 Å². The Morgan fingerprint density at radius 1 is 1.23 bits per heavy atom. The van der Waals surface area contributed by atoms with Gasteiger partial charge < -0.3 is 4.43 Å². The first-order valence-electron chi connectivity index (χ1n) is 3.64. The smallest absolute Gasteiger partial charge is 0.274 e. The second-order valence-electron chi connectivity index (χ2n) is 2.68. The fraction of sp³-hybridized carbons (Fsp3) is 0.250. The Labute approximate surface area is 103 Å². The molecule has 0 atom stereocenters. The van der Waals surface area contributed by atoms with Crippen LogP contribution in [-0.4, -0.2) is 9.04 Å². The van der Waals surface area contributed by atoms with E-state index in [0.717, 1.165) is 3.57 Å². The Morgan fingerprint density at radius 3 is 2.38 bits per heavy atom. The van der Waals surface area contributed by atoms with Crippen molar-refractivity contribution >= 4 is 54.8 Å². The summed E-state index contributed by atoms with van der Waals surface area (Å²) in [7, 11) is -0.784. The number of halogens is 3. The third-order valence-electron chi connectivity index (χ3n) is 1.31. The van der Waals surface area contributed by atoms with Crippen molar-refractivity contribution in [2.45, 2.75) is 13.1 Å². The Hall–Kier alpha value is 0.547. The number of hydrogen-bond donors (Lipinski definition) is 0. The highest BCUT2D eigenvalue weighted by Gasteiger charge is 2.10. The summed E-state index contributed by atoms with van der Waals surface area (Å²) in [5, 5.41) is 1.09. The van der Waals surface area contributed by atoms with Gasteiger partial charge in [-0.3, -0.25) is 0 Å². The molecule has 0 aliphatic carbocycles. The zero-order chi connectivity index (χ0) is 10.0. The van der Waals surface area contributed by atoms with Crippen LogP contribution in [-0.2, 0) is 0 Å². The molecule has 0 N–H and O–H groups in total. The van der Waals surface area contributed by atoms with Gasteiger partial charge in [-0.05, 0) is 47.8 Å². The molecule has 13 heavy (non-hydrogen) atoms. The molecule has 1 nitrogen and oxygen atoms in total. The van der Waals surface area contributed by atoms with Crippen LogP contribution in [0.4, 0.5) is 0 Å². The number of rotatable bonds is 2. The van der Waals surface area contributed by atoms with Crippen molar-refractivity contribution in [2.75, 3.05) is 0 Å². The molecule has 0 aliphatic rings. The van der Waals surface area contributed by atoms with E-state index in [0.29, 0.717) is 15.8 Å². The van der Waals surface area contributed by atoms with Gasteiger partial charge in [0.05, 0.1) is 5.02 Å². The topological polar surface area (TPSA) is 9.23 Å². The molecular weight excluding hydrogens is 338 g/mol. The largest absolute Gasteiger partial charge is 0.542 e. The molecule has 0 amide bonds. The summed E-state index contributed by atoms with van der Waals surface area (Å²) in [6, 6.07) is 3.75. The van der Waals surface area contributed by atoms with E-state index in [-0.39, 0.29) is 0 Å². The molecule has 0 saturated carbocycles. The van der Waals surface area contributed by atoms with Gasteiger partial charge in [-0.25, -0.2) is 0 Å². The standard InChI is InChI=1S/C8H8Cl2IOSi/c1-13(2)12-6-4-3-5(11)7(9)8(6)10/h3-4H,1-2H3. The van der Waals surface area contributed by atoms with E-state index in [1.165, 1.54) is 0 Å². The molecule has 0 saturated heterocycles. The van der Waals surface area contributed by atoms with Crippen LogP contribution < -0.4 is 4.43 Å². The minimum absolute atomic E-state index is 0.514. The summed E-state index contributed by atoms with van der Waals surface area (Å²) in [4.78, 5) is 0. The Kier molecular flexibility index (Phi) is 4.35. The molecule has 0 heterocycles. The fourth-order valence-corrected chi connectivity index (χ4v) is 2.45. The first-order valence-corrected chi connectivity index (χ1v) is 7.88. The lowest BCUT2D eigenvalue weighted by Crippen LogP contribution is -2.11. The van der Waals surface area contributed by atoms with Gasteiger partial charge in [0.2, 0.25) is 0 Å². The highest BCUT2D eigenvalue weighted by molar-refractivity contribution is 14.1. The van der Waals surface area contributed by atoms with Crippen LogP contribution in [0.25, 0.3) is 0 Å². The molecule has 0 bridgehead atoms. The average molecular weight is 346 g/mol. The SMILES string of the molecule is C[Si](C)Oc1ccc(I)c(Cl)c1Cl. The van der Waals surface area contributed by atoms with Gasteiger partial charge >= 0.3 is 0 Å². The van der Waals surface area contributed by atoms with Crippen molar-refractivity contribution in [1.29, 1.82) is 0 Å². The molecule has 1 rings (SSSR count). The lowest BCUT2D eigenvalue weighted by molar-refractivity contribution is 0.581. The molecule has 0 unspecified atom stereocenters. The van der Waals surface area contributed by atoms with E-state index >= 15 is 0 Å². The number of benzene rings is 1. The lowest BCUT2D eigenvalue weighted by Gasteiger charge is -2.11. The normalized spacial score (nSPS) is 10.6. The first kappa shape index (κ1) is 11.6. The summed E-state index contributed by atoms with van der Waals surface area (Å²) in [5.41, 5.74) is 0. The van der Waals surface area contributed by atoms with Crippen LogP contribution in [0, 0.1) is 3.57 Å². The summed E-state index contributed by atoms with van der Waals surface area (Å²) in [6.45, 7) is 4.10. The van der Waals surface area contributed by atoms with Gasteiger partial charge in [0, 0.05) is 3.57 Å². The summed E-state index contributed by atoms with van der Waals surface area (Å²) >= 11 is 14.1. The van der Waals surface area contributed by atoms with Gasteiger partial charge in [-0.2, -0.15) is 0 Å². The van der Waals surface area contributed by atoms with Crippen molar-refractivity contribution in [3.63, 3.8) is 0 Å². The monoisotopic (exact) mass is 345 g/mol. The van der Waals surface area contributed by atoms with Crippen LogP contribution in [0.2, 0.25) is 23.1 Å². The molecule has 71 valence electrons. The van der Waals surface area contributed by atoms with Gasteiger partial charge in [-0.1, -0.05) is 23.2 Å². The van der Waals surface area contributed by atoms with Crippen LogP contribution in [0.1, 0.15) is 0 Å². The van der Waals surface area contributed by atoms with Crippen molar-refractivity contribution in [3.8, 4) is 5.75 Å². The summed E-state index contributed by atoms with van der Waals surface area (Å²) in [6.07, 6.45) is 0. The second-order valence-corrected chi connectivity index (χ2v) is 6.62. The van der Waals surface area contributed by atoms with Crippen LogP contribution in [0.3, 0.4) is 0 Å². The second kappa shape index (κ2) is 4.86. The fourth-order valence-electron chi connectivity index (χ4n) is 0.807. The molecule has 0 aliphatic heterocycles. The zero-order valence-corrected chi connectivity index (χ0v) is 11.9. The maximum absolute atomic E-state index is 6.00. The van der Waals surface area contributed by atoms with E-state index < -0.39 is 9.04 Å². The van der Waals surface area contributed by atoms with E-state index in [1.54, 1.807) is 0 Å². The zero-order valence-electron chi connectivity index (χ0n) is 7.20. The number of hydrogen-bond acceptors (Lipinski definition) is 1. The third-order valence-corrected chi connectivity index (χ3v) is 4.02. The lowest BCUT2D eigenvalue weighted by atomic mass is 10.3. The molecule has 0 spiro atoms. The molecule has 1 radical (unpaired) electrons. The van der Waals surface area contributed by atoms with Gasteiger partial charge in [-0.15, -0.1) is 0 Å². The Morgan fingerprint density at radius 2 is 1.85 bits per heavy atom. The van der Waals surface area contributed by atoms with E-state index in [9.17, 15) is 0 Å². The summed E-state index contributed by atoms with van der Waals surface area (Å²) in [5.74, 6) is 0.686. The van der Waals surface area contributed by atoms with Crippen LogP contribution in [0.5, 0.6) is 5.75 Å². The van der Waals surface area contributed by atoms with Crippen LogP contribution >= 0.6 is 45.8 Å². The minimum Gasteiger partial charge on any atom is -0.542 e. The average Bonchev–Trinajstić information content (AvgIpc) is 2.06. The van der Waals surface area contributed by atoms with E-state index in [2.05, 4.69) is 22.6 Å². The first-order chi connectivity index (χ1) is 6.02. The minimum atomic E-state index is -0.784. The summed E-state index contributed by atoms with van der Waals surface area (Å²) < 4.78 is 6.51. The van der Waals surface area contributed by atoms with Crippen molar-refractivity contribution in [2.24, 2.45) is 0 Å². The molecular formula is C8H8Cl2IOSi. The molecule has 0 aromatic heterocycles. The van der Waals surface area contributed by atoms with Crippen molar-refractivity contribution < 1.29 is 4.43 Å². The van der Waals surface area contributed by atoms with E-state index in [4.69, 9.17) is 27.6 Å². The highest BCUT2D eigenvalue weighted by Crippen LogP contribution is 2.35. The maximum Gasteiger partial charge on any atom is 0.274 e. The quantitative estimate of drug-likeness (QED) is 0.443. The van der Waals surface area contributed by atoms with Gasteiger partial charge in [0.15, 0.2) is 0 Å². The predicted octanol–water partition coefficient (Wildman–Crippen LogP) is 4.23. The Bertz CT molecular complexity index is 317. The third kappa shape index (κ3) is 3.01. The molecule has 1 aromatic carbocycles. The Balaban J connectivity index is 3.04. The highest BCUT2D eigenvalue weighted by atomic mass is 127. The van der Waals surface area contributed by atoms with Gasteiger partial charge in [0.25, 0.3) is 9.04 Å². The molecule has 0 fully saturated rings. The van der Waals surface area contributed by atoms with Crippen LogP contribution in [0.15, 0.2) is 12.1 Å². The van der Waals surface area contributed by atoms with Crippen molar-refractivity contribution in [3.05, 3.63) is 25.7 Å². The van der Waals surface area contributed by atoms with E-state index in [1.807, 2.05) is 25.2 Å². The molecule has 1 aromatic rings. The van der Waals surface area contributed by atoms with Gasteiger partial charge in [0.1, 0.15) is 10.8 Å². The maximum atomic E-state index is 6.00. The molecule has 5 heteroatoms.